The summed E-state index contributed by atoms with van der Waals surface area (Å²) in [5, 5.41) is 24.3. The summed E-state index contributed by atoms with van der Waals surface area (Å²) in [4.78, 5) is 21.8. The molecule has 2 N–H and O–H groups in total. The molecule has 0 atom stereocenters. The molecule has 142 valence electrons. The number of methoxy groups -OCH3 is 1. The molecule has 0 saturated carbocycles. The number of nitro groups is 1. The maximum atomic E-state index is 11.4. The number of rotatable bonds is 9. The molecular formula is C18H19N3O6. The van der Waals surface area contributed by atoms with Gasteiger partial charge in [-0.1, -0.05) is 13.0 Å². The number of hydrogen-bond acceptors (Lipinski definition) is 7. The molecule has 0 aliphatic carbocycles. The number of hydrazone groups is 1. The number of ether oxygens (including phenoxy) is 2. The lowest BCUT2D eigenvalue weighted by Crippen LogP contribution is -2.03. The van der Waals surface area contributed by atoms with Crippen LogP contribution in [-0.4, -0.2) is 35.9 Å². The average molecular weight is 373 g/mol. The van der Waals surface area contributed by atoms with E-state index in [9.17, 15) is 14.9 Å². The number of anilines is 1. The predicted octanol–water partition coefficient (Wildman–Crippen LogP) is 3.54. The molecule has 0 aliphatic heterocycles. The Bertz CT molecular complexity index is 866. The first-order valence-electron chi connectivity index (χ1n) is 8.08. The normalized spacial score (nSPS) is 10.6. The minimum absolute atomic E-state index is 0.0728. The fraction of sp³-hybridized carbons (Fsp3) is 0.222. The summed E-state index contributed by atoms with van der Waals surface area (Å²) in [6.45, 7) is 2.22. The first-order valence-corrected chi connectivity index (χ1v) is 8.08. The fourth-order valence-corrected chi connectivity index (χ4v) is 2.22. The molecule has 0 aliphatic rings. The van der Waals surface area contributed by atoms with E-state index in [-0.39, 0.29) is 22.7 Å². The van der Waals surface area contributed by atoms with E-state index in [1.807, 2.05) is 6.92 Å². The zero-order chi connectivity index (χ0) is 19.8. The number of carboxylic acids is 1. The molecule has 9 heteroatoms. The molecule has 27 heavy (non-hydrogen) atoms. The van der Waals surface area contributed by atoms with Gasteiger partial charge in [-0.25, -0.2) is 4.79 Å². The molecule has 2 rings (SSSR count). The number of nitrogens with one attached hydrogen (secondary N) is 1. The Morgan fingerprint density at radius 1 is 1.37 bits per heavy atom. The summed E-state index contributed by atoms with van der Waals surface area (Å²) >= 11 is 0. The molecule has 2 aromatic rings. The molecule has 2 aromatic carbocycles. The van der Waals surface area contributed by atoms with E-state index in [1.165, 1.54) is 31.5 Å². The Morgan fingerprint density at radius 2 is 2.15 bits per heavy atom. The van der Waals surface area contributed by atoms with Gasteiger partial charge in [-0.2, -0.15) is 5.10 Å². The lowest BCUT2D eigenvalue weighted by molar-refractivity contribution is -0.386. The van der Waals surface area contributed by atoms with Crippen LogP contribution in [0.3, 0.4) is 0 Å². The number of hydrogen-bond donors (Lipinski definition) is 2. The van der Waals surface area contributed by atoms with Crippen molar-refractivity contribution in [2.45, 2.75) is 13.3 Å². The van der Waals surface area contributed by atoms with Gasteiger partial charge in [0.2, 0.25) is 5.75 Å². The Hall–Kier alpha value is -3.62. The highest BCUT2D eigenvalue weighted by molar-refractivity contribution is 5.89. The van der Waals surface area contributed by atoms with E-state index in [0.717, 1.165) is 0 Å². The van der Waals surface area contributed by atoms with E-state index in [2.05, 4.69) is 10.5 Å². The third-order valence-corrected chi connectivity index (χ3v) is 3.44. The van der Waals surface area contributed by atoms with Gasteiger partial charge in [-0.05, 0) is 30.7 Å². The number of benzene rings is 2. The van der Waals surface area contributed by atoms with Crippen molar-refractivity contribution in [2.24, 2.45) is 5.10 Å². The Morgan fingerprint density at radius 3 is 2.78 bits per heavy atom. The van der Waals surface area contributed by atoms with Crippen molar-refractivity contribution in [1.82, 2.24) is 0 Å². The largest absolute Gasteiger partial charge is 0.493 e. The van der Waals surface area contributed by atoms with E-state index >= 15 is 0 Å². The highest BCUT2D eigenvalue weighted by Crippen LogP contribution is 2.38. The third kappa shape index (κ3) is 5.18. The Labute approximate surface area is 155 Å². The summed E-state index contributed by atoms with van der Waals surface area (Å²) in [6, 6.07) is 9.00. The molecule has 0 heterocycles. The van der Waals surface area contributed by atoms with Gasteiger partial charge in [0, 0.05) is 11.6 Å². The topological polar surface area (TPSA) is 123 Å². The van der Waals surface area contributed by atoms with Gasteiger partial charge in [-0.15, -0.1) is 0 Å². The van der Waals surface area contributed by atoms with Crippen LogP contribution in [0.4, 0.5) is 11.4 Å². The minimum Gasteiger partial charge on any atom is -0.493 e. The maximum Gasteiger partial charge on any atom is 0.335 e. The van der Waals surface area contributed by atoms with Gasteiger partial charge >= 0.3 is 11.7 Å². The Kier molecular flexibility index (Phi) is 6.70. The molecule has 9 nitrogen and oxygen atoms in total. The molecule has 0 saturated heterocycles. The van der Waals surface area contributed by atoms with Crippen LogP contribution in [0, 0.1) is 10.1 Å². The summed E-state index contributed by atoms with van der Waals surface area (Å²) < 4.78 is 10.7. The summed E-state index contributed by atoms with van der Waals surface area (Å²) in [7, 11) is 1.40. The van der Waals surface area contributed by atoms with Crippen LogP contribution in [-0.2, 0) is 0 Å². The molecule has 0 fully saturated rings. The highest BCUT2D eigenvalue weighted by atomic mass is 16.6. The number of carboxylic acid groups (broad SMARTS) is 1. The van der Waals surface area contributed by atoms with Crippen molar-refractivity contribution in [3.05, 3.63) is 57.6 Å². The van der Waals surface area contributed by atoms with Gasteiger partial charge in [0.25, 0.3) is 0 Å². The molecule has 0 aromatic heterocycles. The van der Waals surface area contributed by atoms with Gasteiger partial charge in [-0.3, -0.25) is 15.5 Å². The second kappa shape index (κ2) is 9.18. The summed E-state index contributed by atoms with van der Waals surface area (Å²) in [5.74, 6) is -0.749. The smallest absolute Gasteiger partial charge is 0.335 e. The maximum absolute atomic E-state index is 11.4. The summed E-state index contributed by atoms with van der Waals surface area (Å²) in [5.41, 5.74) is 3.47. The second-order valence-electron chi connectivity index (χ2n) is 5.43. The minimum atomic E-state index is -1.05. The van der Waals surface area contributed by atoms with Crippen LogP contribution >= 0.6 is 0 Å². The molecule has 0 spiro atoms. The van der Waals surface area contributed by atoms with E-state index < -0.39 is 10.9 Å². The lowest BCUT2D eigenvalue weighted by atomic mass is 10.2. The van der Waals surface area contributed by atoms with Crippen molar-refractivity contribution in [3.8, 4) is 11.5 Å². The van der Waals surface area contributed by atoms with Crippen LogP contribution < -0.4 is 14.9 Å². The predicted molar refractivity (Wildman–Crippen MR) is 100 cm³/mol. The molecule has 0 amide bonds. The number of nitrogens with zero attached hydrogens (tertiary/aromatic N) is 2. The van der Waals surface area contributed by atoms with Crippen LogP contribution in [0.25, 0.3) is 0 Å². The first-order chi connectivity index (χ1) is 13.0. The van der Waals surface area contributed by atoms with Crippen molar-refractivity contribution >= 4 is 23.6 Å². The van der Waals surface area contributed by atoms with Gasteiger partial charge < -0.3 is 14.6 Å². The quantitative estimate of drug-likeness (QED) is 0.391. The van der Waals surface area contributed by atoms with Crippen molar-refractivity contribution in [3.63, 3.8) is 0 Å². The van der Waals surface area contributed by atoms with Crippen LogP contribution in [0.15, 0.2) is 41.5 Å². The second-order valence-corrected chi connectivity index (χ2v) is 5.43. The lowest BCUT2D eigenvalue weighted by Gasteiger charge is -2.11. The molecule has 0 radical (unpaired) electrons. The van der Waals surface area contributed by atoms with E-state index in [4.69, 9.17) is 14.6 Å². The SMILES string of the molecule is CCCOc1c(OC)cc(/C=N/Nc2cccc(C(=O)O)c2)cc1[N+](=O)[O-]. The zero-order valence-corrected chi connectivity index (χ0v) is 14.8. The van der Waals surface area contributed by atoms with E-state index in [0.29, 0.717) is 24.3 Å². The molecular weight excluding hydrogens is 354 g/mol. The number of carbonyl (C=O) groups is 1. The Balaban J connectivity index is 2.26. The van der Waals surface area contributed by atoms with Gasteiger partial charge in [0.15, 0.2) is 5.75 Å². The van der Waals surface area contributed by atoms with Crippen molar-refractivity contribution in [2.75, 3.05) is 19.1 Å². The fourth-order valence-electron chi connectivity index (χ4n) is 2.22. The van der Waals surface area contributed by atoms with E-state index in [1.54, 1.807) is 18.2 Å². The van der Waals surface area contributed by atoms with Gasteiger partial charge in [0.1, 0.15) is 0 Å². The number of nitro benzene ring substituents is 1. The van der Waals surface area contributed by atoms with Gasteiger partial charge in [0.05, 0.1) is 36.1 Å². The average Bonchev–Trinajstić information content (AvgIpc) is 2.66. The standard InChI is InChI=1S/C18H19N3O6/c1-3-7-27-17-15(21(24)25)8-12(9-16(17)26-2)11-19-20-14-6-4-5-13(10-14)18(22)23/h4-6,8-11,20H,3,7H2,1-2H3,(H,22,23)/b19-11+. The first kappa shape index (κ1) is 19.7. The summed E-state index contributed by atoms with van der Waals surface area (Å²) in [6.07, 6.45) is 2.06. The zero-order valence-electron chi connectivity index (χ0n) is 14.8. The monoisotopic (exact) mass is 373 g/mol. The highest BCUT2D eigenvalue weighted by Gasteiger charge is 2.21. The van der Waals surface area contributed by atoms with Crippen LogP contribution in [0.2, 0.25) is 0 Å². The molecule has 0 unspecified atom stereocenters. The van der Waals surface area contributed by atoms with Crippen LogP contribution in [0.5, 0.6) is 11.5 Å². The molecule has 0 bridgehead atoms. The number of aromatic carboxylic acids is 1. The van der Waals surface area contributed by atoms with Crippen LogP contribution in [0.1, 0.15) is 29.3 Å². The third-order valence-electron chi connectivity index (χ3n) is 3.44. The van der Waals surface area contributed by atoms with Crippen molar-refractivity contribution < 1.29 is 24.3 Å². The van der Waals surface area contributed by atoms with Crippen molar-refractivity contribution in [1.29, 1.82) is 0 Å².